The quantitative estimate of drug-likeness (QED) is 0.777. The average molecular weight is 225 g/mol. The van der Waals surface area contributed by atoms with Crippen molar-refractivity contribution in [3.63, 3.8) is 0 Å². The van der Waals surface area contributed by atoms with E-state index in [1.807, 2.05) is 13.8 Å². The molecule has 0 radical (unpaired) electrons. The first-order valence-electron chi connectivity index (χ1n) is 5.21. The Balaban J connectivity index is 2.29. The molecule has 4 heteroatoms. The van der Waals surface area contributed by atoms with Crippen LogP contribution in [0.25, 0.3) is 0 Å². The summed E-state index contributed by atoms with van der Waals surface area (Å²) < 4.78 is 17.6. The fourth-order valence-corrected chi connectivity index (χ4v) is 1.08. The number of rotatable bonds is 5. The lowest BCUT2D eigenvalue weighted by atomic mass is 10.2. The van der Waals surface area contributed by atoms with Crippen LogP contribution in [0.3, 0.4) is 0 Å². The molecule has 0 atom stereocenters. The third-order valence-electron chi connectivity index (χ3n) is 1.97. The molecule has 0 aliphatic carbocycles. The van der Waals surface area contributed by atoms with E-state index in [0.717, 1.165) is 5.56 Å². The molecule has 1 rings (SSSR count). The van der Waals surface area contributed by atoms with E-state index in [-0.39, 0.29) is 31.0 Å². The summed E-state index contributed by atoms with van der Waals surface area (Å²) in [5.74, 6) is -0.602. The van der Waals surface area contributed by atoms with Crippen LogP contribution in [0.2, 0.25) is 0 Å². The lowest BCUT2D eigenvalue weighted by molar-refractivity contribution is -0.143. The van der Waals surface area contributed by atoms with Gasteiger partial charge in [-0.3, -0.25) is 4.79 Å². The number of benzene rings is 1. The summed E-state index contributed by atoms with van der Waals surface area (Å²) in [4.78, 5) is 11.2. The van der Waals surface area contributed by atoms with Crippen LogP contribution in [0.5, 0.6) is 0 Å². The van der Waals surface area contributed by atoms with Gasteiger partial charge in [0.15, 0.2) is 0 Å². The van der Waals surface area contributed by atoms with Gasteiger partial charge in [-0.2, -0.15) is 0 Å². The molecule has 0 saturated heterocycles. The number of carbonyl (C=O) groups is 1. The van der Waals surface area contributed by atoms with Crippen LogP contribution in [0.15, 0.2) is 24.3 Å². The van der Waals surface area contributed by atoms with Crippen LogP contribution >= 0.6 is 0 Å². The van der Waals surface area contributed by atoms with Crippen LogP contribution in [0, 0.1) is 5.82 Å². The number of carbonyl (C=O) groups excluding carboxylic acids is 1. The number of ether oxygens (including phenoxy) is 1. The van der Waals surface area contributed by atoms with Gasteiger partial charge in [-0.1, -0.05) is 26.0 Å². The van der Waals surface area contributed by atoms with Crippen molar-refractivity contribution in [3.05, 3.63) is 35.6 Å². The topological polar surface area (TPSA) is 38.3 Å². The fraction of sp³-hybridized carbons (Fsp3) is 0.417. The largest absolute Gasteiger partial charge is 0.460 e. The number of halogens is 1. The number of nitrogens with one attached hydrogen (secondary N) is 1. The second kappa shape index (κ2) is 6.23. The van der Waals surface area contributed by atoms with E-state index in [0.29, 0.717) is 0 Å². The zero-order valence-corrected chi connectivity index (χ0v) is 9.50. The Morgan fingerprint density at radius 1 is 1.38 bits per heavy atom. The Hall–Kier alpha value is -1.42. The molecule has 1 aromatic rings. The molecule has 0 saturated carbocycles. The Labute approximate surface area is 94.6 Å². The van der Waals surface area contributed by atoms with Crippen LogP contribution in [-0.2, 0) is 16.1 Å². The molecule has 0 spiro atoms. The molecule has 0 fully saturated rings. The third kappa shape index (κ3) is 4.89. The molecule has 0 unspecified atom stereocenters. The molecule has 0 amide bonds. The first kappa shape index (κ1) is 12.6. The zero-order valence-electron chi connectivity index (χ0n) is 9.50. The van der Waals surface area contributed by atoms with E-state index >= 15 is 0 Å². The summed E-state index contributed by atoms with van der Waals surface area (Å²) in [6.07, 6.45) is 0. The van der Waals surface area contributed by atoms with Crippen molar-refractivity contribution in [1.82, 2.24) is 5.32 Å². The third-order valence-corrected chi connectivity index (χ3v) is 1.97. The lowest BCUT2D eigenvalue weighted by Gasteiger charge is -2.08. The molecule has 0 aromatic heterocycles. The van der Waals surface area contributed by atoms with Gasteiger partial charge in [0.05, 0.1) is 6.54 Å². The van der Waals surface area contributed by atoms with Gasteiger partial charge in [-0.25, -0.2) is 4.39 Å². The first-order valence-corrected chi connectivity index (χ1v) is 5.21. The minimum absolute atomic E-state index is 0.179. The van der Waals surface area contributed by atoms with Crippen molar-refractivity contribution in [1.29, 1.82) is 0 Å². The molecule has 16 heavy (non-hydrogen) atoms. The highest BCUT2D eigenvalue weighted by Crippen LogP contribution is 2.04. The maximum absolute atomic E-state index is 12.6. The van der Waals surface area contributed by atoms with E-state index in [1.54, 1.807) is 12.1 Å². The van der Waals surface area contributed by atoms with Crippen molar-refractivity contribution < 1.29 is 13.9 Å². The van der Waals surface area contributed by atoms with E-state index in [4.69, 9.17) is 4.74 Å². The Morgan fingerprint density at radius 2 is 2.00 bits per heavy atom. The molecule has 0 heterocycles. The van der Waals surface area contributed by atoms with Gasteiger partial charge in [-0.15, -0.1) is 0 Å². The number of hydrogen-bond donors (Lipinski definition) is 1. The lowest BCUT2D eigenvalue weighted by Crippen LogP contribution is -2.30. The Morgan fingerprint density at radius 3 is 2.56 bits per heavy atom. The molecule has 88 valence electrons. The van der Waals surface area contributed by atoms with Gasteiger partial charge in [0.1, 0.15) is 12.4 Å². The van der Waals surface area contributed by atoms with E-state index in [9.17, 15) is 9.18 Å². The molecular weight excluding hydrogens is 209 g/mol. The van der Waals surface area contributed by atoms with Gasteiger partial charge >= 0.3 is 5.97 Å². The summed E-state index contributed by atoms with van der Waals surface area (Å²) in [5, 5.41) is 2.96. The SMILES string of the molecule is CC(C)NCC(=O)OCc1ccc(F)cc1. The highest BCUT2D eigenvalue weighted by atomic mass is 19.1. The second-order valence-corrected chi connectivity index (χ2v) is 3.82. The van der Waals surface area contributed by atoms with E-state index in [2.05, 4.69) is 5.32 Å². The van der Waals surface area contributed by atoms with Crippen LogP contribution in [0.4, 0.5) is 4.39 Å². The second-order valence-electron chi connectivity index (χ2n) is 3.82. The number of esters is 1. The van der Waals surface area contributed by atoms with Gasteiger partial charge in [0.25, 0.3) is 0 Å². The molecule has 3 nitrogen and oxygen atoms in total. The predicted octanol–water partition coefficient (Wildman–Crippen LogP) is 1.87. The summed E-state index contributed by atoms with van der Waals surface area (Å²) in [7, 11) is 0. The monoisotopic (exact) mass is 225 g/mol. The summed E-state index contributed by atoms with van der Waals surface area (Å²) in [6.45, 7) is 4.28. The fourth-order valence-electron chi connectivity index (χ4n) is 1.08. The molecular formula is C12H16FNO2. The highest BCUT2D eigenvalue weighted by molar-refractivity contribution is 5.71. The molecule has 0 aliphatic rings. The smallest absolute Gasteiger partial charge is 0.320 e. The Bertz CT molecular complexity index is 335. The number of hydrogen-bond acceptors (Lipinski definition) is 3. The van der Waals surface area contributed by atoms with Crippen molar-refractivity contribution in [2.24, 2.45) is 0 Å². The average Bonchev–Trinajstić information content (AvgIpc) is 2.25. The standard InChI is InChI=1S/C12H16FNO2/c1-9(2)14-7-12(15)16-8-10-3-5-11(13)6-4-10/h3-6,9,14H,7-8H2,1-2H3. The Kier molecular flexibility index (Phi) is 4.92. The predicted molar refractivity (Wildman–Crippen MR) is 59.3 cm³/mol. The van der Waals surface area contributed by atoms with Gasteiger partial charge in [-0.05, 0) is 17.7 Å². The van der Waals surface area contributed by atoms with Crippen molar-refractivity contribution in [3.8, 4) is 0 Å². The normalized spacial score (nSPS) is 10.5. The van der Waals surface area contributed by atoms with Crippen LogP contribution in [0.1, 0.15) is 19.4 Å². The van der Waals surface area contributed by atoms with Crippen LogP contribution in [-0.4, -0.2) is 18.6 Å². The zero-order chi connectivity index (χ0) is 12.0. The highest BCUT2D eigenvalue weighted by Gasteiger charge is 2.03. The van der Waals surface area contributed by atoms with Crippen molar-refractivity contribution in [2.45, 2.75) is 26.5 Å². The van der Waals surface area contributed by atoms with Gasteiger partial charge in [0, 0.05) is 6.04 Å². The molecule has 1 N–H and O–H groups in total. The maximum atomic E-state index is 12.6. The summed E-state index contributed by atoms with van der Waals surface area (Å²) >= 11 is 0. The minimum Gasteiger partial charge on any atom is -0.460 e. The first-order chi connectivity index (χ1) is 7.58. The maximum Gasteiger partial charge on any atom is 0.320 e. The van der Waals surface area contributed by atoms with Crippen molar-refractivity contribution >= 4 is 5.97 Å². The van der Waals surface area contributed by atoms with Crippen molar-refractivity contribution in [2.75, 3.05) is 6.54 Å². The molecule has 0 bridgehead atoms. The molecule has 1 aromatic carbocycles. The van der Waals surface area contributed by atoms with Crippen LogP contribution < -0.4 is 5.32 Å². The van der Waals surface area contributed by atoms with Gasteiger partial charge < -0.3 is 10.1 Å². The molecule has 0 aliphatic heterocycles. The van der Waals surface area contributed by atoms with E-state index in [1.165, 1.54) is 12.1 Å². The summed E-state index contributed by atoms with van der Waals surface area (Å²) in [6, 6.07) is 6.13. The van der Waals surface area contributed by atoms with E-state index < -0.39 is 0 Å². The summed E-state index contributed by atoms with van der Waals surface area (Å²) in [5.41, 5.74) is 0.777. The van der Waals surface area contributed by atoms with Gasteiger partial charge in [0.2, 0.25) is 0 Å². The minimum atomic E-state index is -0.307.